The summed E-state index contributed by atoms with van der Waals surface area (Å²) < 4.78 is 24.5. The lowest BCUT2D eigenvalue weighted by Crippen LogP contribution is -2.74. The average Bonchev–Trinajstić information content (AvgIpc) is 3.14. The van der Waals surface area contributed by atoms with Crippen molar-refractivity contribution in [3.05, 3.63) is 108 Å². The second-order valence-electron chi connectivity index (χ2n) is 9.67. The lowest BCUT2D eigenvalue weighted by Gasteiger charge is -2.53. The van der Waals surface area contributed by atoms with Gasteiger partial charge in [-0.15, -0.1) is 0 Å². The molecule has 37 heavy (non-hydrogen) atoms. The molecular weight excluding hydrogens is 472 g/mol. The van der Waals surface area contributed by atoms with Crippen LogP contribution in [0, 0.1) is 5.92 Å². The van der Waals surface area contributed by atoms with E-state index in [4.69, 9.17) is 18.9 Å². The van der Waals surface area contributed by atoms with Gasteiger partial charge in [-0.25, -0.2) is 0 Å². The number of aliphatic hydroxyl groups excluding tert-OH is 1. The highest BCUT2D eigenvalue weighted by atomic mass is 16.6. The fraction of sp³-hybridized carbons (Fsp3) is 0.367. The third-order valence-corrected chi connectivity index (χ3v) is 7.25. The number of carbonyl (C=O) groups excluding carboxylic acids is 1. The molecular formula is C30H32O7. The molecule has 0 aliphatic heterocycles. The van der Waals surface area contributed by atoms with E-state index in [1.165, 1.54) is 6.92 Å². The highest BCUT2D eigenvalue weighted by molar-refractivity contribution is 5.66. The van der Waals surface area contributed by atoms with Crippen molar-refractivity contribution in [2.24, 2.45) is 5.92 Å². The van der Waals surface area contributed by atoms with E-state index < -0.39 is 48.0 Å². The molecule has 7 heteroatoms. The predicted octanol–water partition coefficient (Wildman–Crippen LogP) is 3.41. The molecule has 7 unspecified atom stereocenters. The third kappa shape index (κ3) is 5.19. The van der Waals surface area contributed by atoms with Crippen LogP contribution in [0.2, 0.25) is 0 Å². The minimum Gasteiger partial charge on any atom is -0.459 e. The summed E-state index contributed by atoms with van der Waals surface area (Å²) in [4.78, 5) is 11.8. The van der Waals surface area contributed by atoms with Gasteiger partial charge in [-0.05, 0) is 16.7 Å². The number of hydrogen-bond donors (Lipinski definition) is 2. The summed E-state index contributed by atoms with van der Waals surface area (Å²) in [5.41, 5.74) is 1.11. The number of rotatable bonds is 10. The monoisotopic (exact) mass is 504 g/mol. The maximum absolute atomic E-state index is 11.8. The summed E-state index contributed by atoms with van der Waals surface area (Å²) in [6.45, 7) is 2.02. The van der Waals surface area contributed by atoms with Gasteiger partial charge in [-0.1, -0.05) is 91.0 Å². The van der Waals surface area contributed by atoms with E-state index in [-0.39, 0.29) is 19.8 Å². The molecule has 2 aliphatic rings. The summed E-state index contributed by atoms with van der Waals surface area (Å²) >= 11 is 0. The number of aliphatic hydroxyl groups is 2. The van der Waals surface area contributed by atoms with Crippen LogP contribution in [0.15, 0.2) is 91.0 Å². The van der Waals surface area contributed by atoms with E-state index in [0.29, 0.717) is 0 Å². The van der Waals surface area contributed by atoms with Crippen LogP contribution in [0.4, 0.5) is 0 Å². The molecule has 194 valence electrons. The summed E-state index contributed by atoms with van der Waals surface area (Å²) in [6, 6.07) is 29.0. The molecule has 0 amide bonds. The molecule has 0 saturated heterocycles. The van der Waals surface area contributed by atoms with Gasteiger partial charge in [0.2, 0.25) is 0 Å². The van der Waals surface area contributed by atoms with Crippen molar-refractivity contribution >= 4 is 5.97 Å². The summed E-state index contributed by atoms with van der Waals surface area (Å²) in [5.74, 6) is -1.26. The lowest BCUT2D eigenvalue weighted by molar-refractivity contribution is -0.296. The summed E-state index contributed by atoms with van der Waals surface area (Å²) in [5, 5.41) is 22.9. The van der Waals surface area contributed by atoms with E-state index in [9.17, 15) is 15.0 Å². The quantitative estimate of drug-likeness (QED) is 0.409. The van der Waals surface area contributed by atoms with Gasteiger partial charge < -0.3 is 29.2 Å². The van der Waals surface area contributed by atoms with Crippen molar-refractivity contribution in [2.45, 2.75) is 62.9 Å². The zero-order valence-corrected chi connectivity index (χ0v) is 20.7. The van der Waals surface area contributed by atoms with Crippen LogP contribution in [0.25, 0.3) is 0 Å². The summed E-state index contributed by atoms with van der Waals surface area (Å²) in [7, 11) is 0. The molecule has 3 aromatic carbocycles. The molecule has 7 atom stereocenters. The van der Waals surface area contributed by atoms with Crippen LogP contribution < -0.4 is 0 Å². The SMILES string of the molecule is CC(=O)OC1C(O)C2(O)C(OCc3ccccc3)C(OCc3ccccc3)C(OCc3ccccc3)C12. The van der Waals surface area contributed by atoms with E-state index in [1.807, 2.05) is 91.0 Å². The Morgan fingerprint density at radius 2 is 1.14 bits per heavy atom. The Balaban J connectivity index is 1.45. The Labute approximate surface area is 216 Å². The summed E-state index contributed by atoms with van der Waals surface area (Å²) in [6.07, 6.45) is -4.60. The minimum atomic E-state index is -1.71. The number of benzene rings is 3. The van der Waals surface area contributed by atoms with Crippen molar-refractivity contribution in [2.75, 3.05) is 0 Å². The first-order chi connectivity index (χ1) is 18.0. The molecule has 0 radical (unpaired) electrons. The van der Waals surface area contributed by atoms with Crippen molar-refractivity contribution in [3.63, 3.8) is 0 Å². The van der Waals surface area contributed by atoms with E-state index in [0.717, 1.165) is 16.7 Å². The first-order valence-corrected chi connectivity index (χ1v) is 12.5. The first kappa shape index (κ1) is 25.6. The predicted molar refractivity (Wildman–Crippen MR) is 135 cm³/mol. The highest BCUT2D eigenvalue weighted by Gasteiger charge is 2.77. The number of ether oxygens (including phenoxy) is 4. The van der Waals surface area contributed by atoms with Crippen molar-refractivity contribution in [1.29, 1.82) is 0 Å². The molecule has 2 N–H and O–H groups in total. The third-order valence-electron chi connectivity index (χ3n) is 7.25. The van der Waals surface area contributed by atoms with Crippen LogP contribution in [0.3, 0.4) is 0 Å². The van der Waals surface area contributed by atoms with E-state index in [2.05, 4.69) is 0 Å². The molecule has 7 nitrogen and oxygen atoms in total. The molecule has 0 bridgehead atoms. The van der Waals surface area contributed by atoms with Gasteiger partial charge in [-0.2, -0.15) is 0 Å². The van der Waals surface area contributed by atoms with Crippen molar-refractivity contribution in [1.82, 2.24) is 0 Å². The maximum atomic E-state index is 11.8. The van der Waals surface area contributed by atoms with Gasteiger partial charge in [0.05, 0.1) is 31.8 Å². The maximum Gasteiger partial charge on any atom is 0.303 e. The van der Waals surface area contributed by atoms with E-state index >= 15 is 0 Å². The lowest BCUT2D eigenvalue weighted by atomic mass is 9.64. The molecule has 5 rings (SSSR count). The smallest absolute Gasteiger partial charge is 0.303 e. The van der Waals surface area contributed by atoms with Crippen LogP contribution >= 0.6 is 0 Å². The number of fused-ring (bicyclic) bond motifs is 1. The zero-order valence-electron chi connectivity index (χ0n) is 20.7. The van der Waals surface area contributed by atoms with Gasteiger partial charge in [0.25, 0.3) is 0 Å². The van der Waals surface area contributed by atoms with Crippen LogP contribution in [-0.4, -0.2) is 52.3 Å². The average molecular weight is 505 g/mol. The molecule has 2 saturated carbocycles. The largest absolute Gasteiger partial charge is 0.459 e. The van der Waals surface area contributed by atoms with Crippen LogP contribution in [0.1, 0.15) is 23.6 Å². The Bertz CT molecular complexity index is 1160. The second kappa shape index (κ2) is 11.1. The molecule has 0 spiro atoms. The van der Waals surface area contributed by atoms with Crippen LogP contribution in [0.5, 0.6) is 0 Å². The topological polar surface area (TPSA) is 94.5 Å². The fourth-order valence-electron chi connectivity index (χ4n) is 5.48. The molecule has 3 aromatic rings. The Kier molecular flexibility index (Phi) is 7.69. The van der Waals surface area contributed by atoms with Crippen molar-refractivity contribution < 1.29 is 34.0 Å². The highest BCUT2D eigenvalue weighted by Crippen LogP contribution is 2.55. The number of carbonyl (C=O) groups is 1. The fourth-order valence-corrected chi connectivity index (χ4v) is 5.48. The van der Waals surface area contributed by atoms with Gasteiger partial charge >= 0.3 is 5.97 Å². The van der Waals surface area contributed by atoms with Crippen LogP contribution in [-0.2, 0) is 43.6 Å². The van der Waals surface area contributed by atoms with Gasteiger partial charge in [0, 0.05) is 6.92 Å². The van der Waals surface area contributed by atoms with E-state index in [1.54, 1.807) is 0 Å². The normalized spacial score (nSPS) is 30.4. The molecule has 2 fully saturated rings. The number of esters is 1. The first-order valence-electron chi connectivity index (χ1n) is 12.5. The Hall–Kier alpha value is -3.07. The Morgan fingerprint density at radius 1 is 0.703 bits per heavy atom. The Morgan fingerprint density at radius 3 is 1.59 bits per heavy atom. The zero-order chi connectivity index (χ0) is 25.8. The van der Waals surface area contributed by atoms with Crippen molar-refractivity contribution in [3.8, 4) is 0 Å². The molecule has 0 heterocycles. The van der Waals surface area contributed by atoms with Gasteiger partial charge in [-0.3, -0.25) is 4.79 Å². The molecule has 0 aromatic heterocycles. The minimum absolute atomic E-state index is 0.210. The van der Waals surface area contributed by atoms with Gasteiger partial charge in [0.15, 0.2) is 0 Å². The standard InChI is InChI=1S/C30H32O7/c1-20(31)37-26-24-25(34-17-21-11-5-2-6-12-21)27(35-18-22-13-7-3-8-14-22)29(30(24,33)28(26)32)36-19-23-15-9-4-10-16-23/h2-16,24-29,32-33H,17-19H2,1H3. The number of hydrogen-bond acceptors (Lipinski definition) is 7. The van der Waals surface area contributed by atoms with Gasteiger partial charge in [0.1, 0.15) is 30.0 Å². The molecule has 2 aliphatic carbocycles. The second-order valence-corrected chi connectivity index (χ2v) is 9.67.